The molecule has 0 aromatic heterocycles. The van der Waals surface area contributed by atoms with E-state index in [9.17, 15) is 4.79 Å². The van der Waals surface area contributed by atoms with Crippen LogP contribution >= 0.6 is 0 Å². The van der Waals surface area contributed by atoms with E-state index in [0.29, 0.717) is 6.42 Å². The van der Waals surface area contributed by atoms with Gasteiger partial charge in [-0.2, -0.15) is 0 Å². The molecule has 5 heteroatoms. The Morgan fingerprint density at radius 1 is 1.47 bits per heavy atom. The maximum Gasteiger partial charge on any atom is 0.243 e. The fraction of sp³-hybridized carbons (Fsp3) is 0.600. The van der Waals surface area contributed by atoms with Crippen LogP contribution in [0.2, 0.25) is 0 Å². The summed E-state index contributed by atoms with van der Waals surface area (Å²) < 4.78 is 0. The number of unbranched alkanes of at least 4 members (excludes halogenated alkanes) is 2. The maximum absolute atomic E-state index is 10.7. The zero-order valence-corrected chi connectivity index (χ0v) is 8.72. The summed E-state index contributed by atoms with van der Waals surface area (Å²) in [6, 6.07) is 0. The third-order valence-electron chi connectivity index (χ3n) is 2.26. The summed E-state index contributed by atoms with van der Waals surface area (Å²) in [6.45, 7) is 1.86. The van der Waals surface area contributed by atoms with E-state index in [1.54, 1.807) is 11.7 Å². The highest BCUT2D eigenvalue weighted by molar-refractivity contribution is 5.74. The lowest BCUT2D eigenvalue weighted by Crippen LogP contribution is -2.22. The molecule has 0 spiro atoms. The van der Waals surface area contributed by atoms with Crippen molar-refractivity contribution >= 4 is 12.1 Å². The summed E-state index contributed by atoms with van der Waals surface area (Å²) in [7, 11) is 0. The van der Waals surface area contributed by atoms with Gasteiger partial charge in [-0.05, 0) is 12.8 Å². The summed E-state index contributed by atoms with van der Waals surface area (Å²) in [5, 5.41) is 8.26. The monoisotopic (exact) mass is 211 g/mol. The largest absolute Gasteiger partial charge is 0.371 e. The molecule has 0 bridgehead atoms. The molecule has 0 aromatic carbocycles. The number of carbonyl (C=O) groups is 1. The van der Waals surface area contributed by atoms with E-state index in [1.807, 2.05) is 12.4 Å². The van der Waals surface area contributed by atoms with Crippen LogP contribution in [-0.2, 0) is 4.79 Å². The van der Waals surface area contributed by atoms with Crippen molar-refractivity contribution in [2.24, 2.45) is 4.99 Å². The minimum atomic E-state index is -0.306. The SMILES string of the molecule is O=C(CCCCCN1C=CN=CC1)NO. The van der Waals surface area contributed by atoms with E-state index >= 15 is 0 Å². The summed E-state index contributed by atoms with van der Waals surface area (Å²) in [4.78, 5) is 16.8. The molecule has 0 aromatic rings. The number of amides is 1. The van der Waals surface area contributed by atoms with Gasteiger partial charge in [0.25, 0.3) is 0 Å². The summed E-state index contributed by atoms with van der Waals surface area (Å²) in [5.74, 6) is -0.306. The average Bonchev–Trinajstić information content (AvgIpc) is 2.29. The van der Waals surface area contributed by atoms with Crippen molar-refractivity contribution in [1.82, 2.24) is 10.4 Å². The Labute approximate surface area is 89.4 Å². The minimum absolute atomic E-state index is 0.306. The standard InChI is InChI=1S/C10H17N3O2/c14-10(12-15)4-2-1-3-7-13-8-5-11-6-9-13/h5-6,8,15H,1-4,7,9H2,(H,12,14). The molecule has 1 aliphatic rings. The second kappa shape index (κ2) is 7.00. The zero-order valence-electron chi connectivity index (χ0n) is 8.72. The van der Waals surface area contributed by atoms with Crippen LogP contribution < -0.4 is 5.48 Å². The van der Waals surface area contributed by atoms with Crippen molar-refractivity contribution in [3.05, 3.63) is 12.4 Å². The van der Waals surface area contributed by atoms with E-state index in [0.717, 1.165) is 32.4 Å². The van der Waals surface area contributed by atoms with Gasteiger partial charge in [0.2, 0.25) is 5.91 Å². The fourth-order valence-electron chi connectivity index (χ4n) is 1.41. The predicted molar refractivity (Wildman–Crippen MR) is 57.6 cm³/mol. The molecule has 84 valence electrons. The quantitative estimate of drug-likeness (QED) is 0.390. The normalized spacial score (nSPS) is 14.3. The van der Waals surface area contributed by atoms with Crippen molar-refractivity contribution < 1.29 is 10.0 Å². The Hall–Kier alpha value is -1.36. The topological polar surface area (TPSA) is 64.9 Å². The molecule has 0 radical (unpaired) electrons. The first-order chi connectivity index (χ1) is 7.33. The number of aliphatic imine (C=N–C) groups is 1. The molecule has 0 unspecified atom stereocenters. The summed E-state index contributed by atoms with van der Waals surface area (Å²) >= 11 is 0. The Balaban J connectivity index is 1.95. The average molecular weight is 211 g/mol. The maximum atomic E-state index is 10.7. The molecule has 2 N–H and O–H groups in total. The highest BCUT2D eigenvalue weighted by Crippen LogP contribution is 2.03. The summed E-state index contributed by atoms with van der Waals surface area (Å²) in [6.07, 6.45) is 8.89. The van der Waals surface area contributed by atoms with Gasteiger partial charge in [-0.25, -0.2) is 5.48 Å². The smallest absolute Gasteiger partial charge is 0.243 e. The number of hydroxylamine groups is 1. The Bertz CT molecular complexity index is 251. The highest BCUT2D eigenvalue weighted by atomic mass is 16.5. The molecular formula is C10H17N3O2. The lowest BCUT2D eigenvalue weighted by atomic mass is 10.2. The first kappa shape index (κ1) is 11.7. The van der Waals surface area contributed by atoms with Crippen LogP contribution in [0.3, 0.4) is 0 Å². The van der Waals surface area contributed by atoms with E-state index in [-0.39, 0.29) is 5.91 Å². The van der Waals surface area contributed by atoms with E-state index in [4.69, 9.17) is 5.21 Å². The van der Waals surface area contributed by atoms with Gasteiger partial charge in [-0.3, -0.25) is 15.0 Å². The van der Waals surface area contributed by atoms with Gasteiger partial charge in [0.05, 0.1) is 6.54 Å². The molecule has 0 fully saturated rings. The number of rotatable bonds is 6. The number of hydrogen-bond acceptors (Lipinski definition) is 4. The fourth-order valence-corrected chi connectivity index (χ4v) is 1.41. The van der Waals surface area contributed by atoms with Crippen molar-refractivity contribution in [2.75, 3.05) is 13.1 Å². The van der Waals surface area contributed by atoms with Gasteiger partial charge < -0.3 is 4.90 Å². The van der Waals surface area contributed by atoms with Crippen molar-refractivity contribution in [3.8, 4) is 0 Å². The molecule has 1 amide bonds. The van der Waals surface area contributed by atoms with Crippen LogP contribution in [-0.4, -0.2) is 35.3 Å². The molecule has 1 heterocycles. The molecule has 0 saturated heterocycles. The zero-order chi connectivity index (χ0) is 10.9. The molecule has 0 saturated carbocycles. The lowest BCUT2D eigenvalue weighted by Gasteiger charge is -2.19. The van der Waals surface area contributed by atoms with Crippen molar-refractivity contribution in [1.29, 1.82) is 0 Å². The number of hydrogen-bond donors (Lipinski definition) is 2. The van der Waals surface area contributed by atoms with Gasteiger partial charge in [0, 0.05) is 31.6 Å². The van der Waals surface area contributed by atoms with Gasteiger partial charge in [0.15, 0.2) is 0 Å². The van der Waals surface area contributed by atoms with Crippen molar-refractivity contribution in [3.63, 3.8) is 0 Å². The van der Waals surface area contributed by atoms with Crippen molar-refractivity contribution in [2.45, 2.75) is 25.7 Å². The minimum Gasteiger partial charge on any atom is -0.371 e. The van der Waals surface area contributed by atoms with E-state index in [2.05, 4.69) is 9.89 Å². The molecule has 0 atom stereocenters. The molecule has 0 aliphatic carbocycles. The Morgan fingerprint density at radius 3 is 3.00 bits per heavy atom. The third kappa shape index (κ3) is 5.17. The number of carbonyl (C=O) groups excluding carboxylic acids is 1. The first-order valence-electron chi connectivity index (χ1n) is 5.18. The molecule has 5 nitrogen and oxygen atoms in total. The number of nitrogens with zero attached hydrogens (tertiary/aromatic N) is 2. The molecule has 1 rings (SSSR count). The van der Waals surface area contributed by atoms with Gasteiger partial charge in [0.1, 0.15) is 0 Å². The number of nitrogens with one attached hydrogen (secondary N) is 1. The molecule has 15 heavy (non-hydrogen) atoms. The van der Waals surface area contributed by atoms with Crippen LogP contribution in [0.4, 0.5) is 0 Å². The van der Waals surface area contributed by atoms with Crippen LogP contribution in [0, 0.1) is 0 Å². The third-order valence-corrected chi connectivity index (χ3v) is 2.26. The van der Waals surface area contributed by atoms with Gasteiger partial charge >= 0.3 is 0 Å². The van der Waals surface area contributed by atoms with Gasteiger partial charge in [-0.1, -0.05) is 6.42 Å². The van der Waals surface area contributed by atoms with E-state index in [1.165, 1.54) is 0 Å². The first-order valence-corrected chi connectivity index (χ1v) is 5.18. The second-order valence-electron chi connectivity index (χ2n) is 3.47. The lowest BCUT2D eigenvalue weighted by molar-refractivity contribution is -0.129. The summed E-state index contributed by atoms with van der Waals surface area (Å²) in [5.41, 5.74) is 1.63. The Kier molecular flexibility index (Phi) is 5.47. The van der Waals surface area contributed by atoms with Crippen LogP contribution in [0.5, 0.6) is 0 Å². The molecular weight excluding hydrogens is 194 g/mol. The van der Waals surface area contributed by atoms with Crippen LogP contribution in [0.1, 0.15) is 25.7 Å². The second-order valence-corrected chi connectivity index (χ2v) is 3.47. The van der Waals surface area contributed by atoms with Crippen LogP contribution in [0.25, 0.3) is 0 Å². The highest BCUT2D eigenvalue weighted by Gasteiger charge is 2.01. The van der Waals surface area contributed by atoms with E-state index < -0.39 is 0 Å². The predicted octanol–water partition coefficient (Wildman–Crippen LogP) is 0.910. The van der Waals surface area contributed by atoms with Crippen LogP contribution in [0.15, 0.2) is 17.4 Å². The molecule has 1 aliphatic heterocycles. The van der Waals surface area contributed by atoms with Gasteiger partial charge in [-0.15, -0.1) is 0 Å². The Morgan fingerprint density at radius 2 is 2.33 bits per heavy atom.